The Labute approximate surface area is 66.4 Å². The fourth-order valence-electron chi connectivity index (χ4n) is 0.244. The highest BCUT2D eigenvalue weighted by molar-refractivity contribution is 7.87. The zero-order valence-corrected chi connectivity index (χ0v) is 6.75. The van der Waals surface area contributed by atoms with Crippen LogP contribution in [0, 0.1) is 0 Å². The van der Waals surface area contributed by atoms with E-state index in [0.29, 0.717) is 0 Å². The molecule has 12 heavy (non-hydrogen) atoms. The van der Waals surface area contributed by atoms with Gasteiger partial charge in [-0.15, -0.1) is 0 Å². The molecule has 0 aromatic heterocycles. The van der Waals surface area contributed by atoms with Crippen molar-refractivity contribution in [3.05, 3.63) is 0 Å². The Morgan fingerprint density at radius 2 is 1.83 bits per heavy atom. The highest BCUT2D eigenvalue weighted by Gasteiger charge is 2.41. The van der Waals surface area contributed by atoms with Crippen molar-refractivity contribution in [2.45, 2.75) is 18.6 Å². The topological polar surface area (TPSA) is 43.4 Å². The Hall–Kier alpha value is -0.370. The van der Waals surface area contributed by atoms with Crippen LogP contribution in [0.2, 0.25) is 0 Å². The summed E-state index contributed by atoms with van der Waals surface area (Å²) < 4.78 is 70.5. The van der Waals surface area contributed by atoms with Gasteiger partial charge in [0.25, 0.3) is 6.43 Å². The molecule has 0 aliphatic rings. The molecule has 3 nitrogen and oxygen atoms in total. The van der Waals surface area contributed by atoms with Crippen LogP contribution >= 0.6 is 0 Å². The normalized spacial score (nSPS) is 13.8. The predicted molar refractivity (Wildman–Crippen MR) is 31.5 cm³/mol. The van der Waals surface area contributed by atoms with E-state index in [2.05, 4.69) is 4.18 Å². The molecule has 0 spiro atoms. The van der Waals surface area contributed by atoms with Crippen molar-refractivity contribution in [1.29, 1.82) is 0 Å². The second-order valence-corrected chi connectivity index (χ2v) is 3.80. The average Bonchev–Trinajstić information content (AvgIpc) is 1.81. The lowest BCUT2D eigenvalue weighted by Crippen LogP contribution is -2.28. The molecule has 0 aromatic carbocycles. The third-order valence-electron chi connectivity index (χ3n) is 0.788. The van der Waals surface area contributed by atoms with Crippen LogP contribution in [-0.2, 0) is 14.3 Å². The minimum atomic E-state index is -5.21. The van der Waals surface area contributed by atoms with Crippen LogP contribution in [0.1, 0.15) is 6.92 Å². The summed E-state index contributed by atoms with van der Waals surface area (Å²) in [6.45, 7) is -1.50. The molecule has 0 heterocycles. The van der Waals surface area contributed by atoms with Crippen LogP contribution in [0.15, 0.2) is 0 Å². The quantitative estimate of drug-likeness (QED) is 0.517. The van der Waals surface area contributed by atoms with Crippen molar-refractivity contribution in [1.82, 2.24) is 0 Å². The molecule has 8 heteroatoms. The van der Waals surface area contributed by atoms with Gasteiger partial charge in [-0.1, -0.05) is 0 Å². The molecule has 0 rings (SSSR count). The number of alkyl halides is 4. The lowest BCUT2D eigenvalue weighted by atomic mass is 10.8. The minimum absolute atomic E-state index is 0.0494. The molecular weight excluding hydrogens is 204 g/mol. The van der Waals surface area contributed by atoms with E-state index in [-0.39, 0.29) is 6.92 Å². The monoisotopic (exact) mass is 210 g/mol. The molecule has 0 saturated heterocycles. The van der Waals surface area contributed by atoms with E-state index in [1.54, 1.807) is 0 Å². The molecule has 0 atom stereocenters. The molecule has 74 valence electrons. The van der Waals surface area contributed by atoms with Crippen LogP contribution in [0.25, 0.3) is 0 Å². The van der Waals surface area contributed by atoms with E-state index < -0.39 is 28.4 Å². The molecule has 0 aliphatic carbocycles. The second kappa shape index (κ2) is 3.56. The average molecular weight is 210 g/mol. The van der Waals surface area contributed by atoms with Crippen molar-refractivity contribution in [2.24, 2.45) is 0 Å². The zero-order valence-electron chi connectivity index (χ0n) is 5.93. The fourth-order valence-corrected chi connectivity index (χ4v) is 0.733. The van der Waals surface area contributed by atoms with Gasteiger partial charge in [-0.2, -0.15) is 17.2 Å². The van der Waals surface area contributed by atoms with E-state index in [0.717, 1.165) is 0 Å². The van der Waals surface area contributed by atoms with E-state index >= 15 is 0 Å². The molecule has 0 aromatic rings. The molecule has 0 N–H and O–H groups in total. The molecule has 0 amide bonds. The first-order valence-corrected chi connectivity index (χ1v) is 4.12. The Balaban J connectivity index is 4.27. The Bertz CT molecular complexity index is 229. The molecule has 0 bridgehead atoms. The summed E-state index contributed by atoms with van der Waals surface area (Å²) in [5.74, 6) is 0. The van der Waals surface area contributed by atoms with Crippen molar-refractivity contribution >= 4 is 10.1 Å². The van der Waals surface area contributed by atoms with E-state index in [4.69, 9.17) is 0 Å². The van der Waals surface area contributed by atoms with Gasteiger partial charge in [0.15, 0.2) is 0 Å². The number of rotatable bonds is 4. The van der Waals surface area contributed by atoms with Crippen LogP contribution in [0.3, 0.4) is 0 Å². The van der Waals surface area contributed by atoms with Gasteiger partial charge in [0.1, 0.15) is 6.61 Å². The largest absolute Gasteiger partial charge is 0.367 e. The molecular formula is C4H6F4O3S. The molecule has 0 unspecified atom stereocenters. The molecule has 0 radical (unpaired) electrons. The standard InChI is InChI=1S/C4H6F4O3S/c1-4(7,8)12(9,10)11-2-3(5)6/h3H,2H2,1H3. The van der Waals surface area contributed by atoms with Gasteiger partial charge in [-0.3, -0.25) is 4.18 Å². The maximum absolute atomic E-state index is 12.0. The van der Waals surface area contributed by atoms with Gasteiger partial charge >= 0.3 is 15.4 Å². The molecule has 0 fully saturated rings. The smallest absolute Gasteiger partial charge is 0.260 e. The fraction of sp³-hybridized carbons (Fsp3) is 1.00. The summed E-state index contributed by atoms with van der Waals surface area (Å²) in [5, 5.41) is -4.15. The maximum Gasteiger partial charge on any atom is 0.367 e. The van der Waals surface area contributed by atoms with Gasteiger partial charge in [0.05, 0.1) is 0 Å². The summed E-state index contributed by atoms with van der Waals surface area (Å²) in [6, 6.07) is 0. The Kier molecular flexibility index (Phi) is 3.45. The summed E-state index contributed by atoms with van der Waals surface area (Å²) in [6.07, 6.45) is -3.10. The third kappa shape index (κ3) is 3.35. The van der Waals surface area contributed by atoms with Crippen molar-refractivity contribution in [3.63, 3.8) is 0 Å². The summed E-state index contributed by atoms with van der Waals surface area (Å²) in [5.41, 5.74) is 0. The van der Waals surface area contributed by atoms with Crippen LogP contribution in [-0.4, -0.2) is 26.7 Å². The first-order chi connectivity index (χ1) is 5.17. The summed E-state index contributed by atoms with van der Waals surface area (Å²) in [4.78, 5) is 0. The Morgan fingerprint density at radius 1 is 1.42 bits per heavy atom. The number of halogens is 4. The summed E-state index contributed by atoms with van der Waals surface area (Å²) in [7, 11) is -5.21. The van der Waals surface area contributed by atoms with E-state index in [1.807, 2.05) is 0 Å². The van der Waals surface area contributed by atoms with Gasteiger partial charge in [0.2, 0.25) is 0 Å². The van der Waals surface area contributed by atoms with Crippen LogP contribution < -0.4 is 0 Å². The maximum atomic E-state index is 12.0. The number of hydrogen-bond acceptors (Lipinski definition) is 3. The molecule has 0 aliphatic heterocycles. The third-order valence-corrected chi connectivity index (χ3v) is 2.11. The highest BCUT2D eigenvalue weighted by atomic mass is 32.2. The highest BCUT2D eigenvalue weighted by Crippen LogP contribution is 2.22. The number of hydrogen-bond donors (Lipinski definition) is 0. The Morgan fingerprint density at radius 3 is 2.08 bits per heavy atom. The minimum Gasteiger partial charge on any atom is -0.260 e. The first kappa shape index (κ1) is 11.6. The van der Waals surface area contributed by atoms with Gasteiger partial charge in [-0.25, -0.2) is 8.78 Å². The predicted octanol–water partition coefficient (Wildman–Crippen LogP) is 1.21. The zero-order chi connectivity index (χ0) is 9.99. The van der Waals surface area contributed by atoms with Crippen molar-refractivity contribution < 1.29 is 30.2 Å². The first-order valence-electron chi connectivity index (χ1n) is 2.72. The second-order valence-electron chi connectivity index (χ2n) is 1.94. The van der Waals surface area contributed by atoms with E-state index in [1.165, 1.54) is 0 Å². The SMILES string of the molecule is CC(F)(F)S(=O)(=O)OCC(F)F. The van der Waals surface area contributed by atoms with Gasteiger partial charge < -0.3 is 0 Å². The van der Waals surface area contributed by atoms with E-state index in [9.17, 15) is 26.0 Å². The van der Waals surface area contributed by atoms with Crippen molar-refractivity contribution in [3.8, 4) is 0 Å². The summed E-state index contributed by atoms with van der Waals surface area (Å²) >= 11 is 0. The van der Waals surface area contributed by atoms with Crippen molar-refractivity contribution in [2.75, 3.05) is 6.61 Å². The van der Waals surface area contributed by atoms with Gasteiger partial charge in [0, 0.05) is 6.92 Å². The lowest BCUT2D eigenvalue weighted by molar-refractivity contribution is 0.0575. The van der Waals surface area contributed by atoms with Crippen LogP contribution in [0.4, 0.5) is 17.6 Å². The molecule has 0 saturated carbocycles. The lowest BCUT2D eigenvalue weighted by Gasteiger charge is -2.10. The van der Waals surface area contributed by atoms with Gasteiger partial charge in [-0.05, 0) is 0 Å². The van der Waals surface area contributed by atoms with Crippen LogP contribution in [0.5, 0.6) is 0 Å².